The van der Waals surface area contributed by atoms with Crippen LogP contribution in [0.3, 0.4) is 0 Å². The maximum Gasteiger partial charge on any atom is 0.228 e. The van der Waals surface area contributed by atoms with E-state index in [4.69, 9.17) is 4.74 Å². The second-order valence-electron chi connectivity index (χ2n) is 6.42. The monoisotopic (exact) mass is 266 g/mol. The molecule has 2 unspecified atom stereocenters. The number of hydrogen-bond donors (Lipinski definition) is 1. The van der Waals surface area contributed by atoms with E-state index in [1.807, 2.05) is 6.92 Å². The third-order valence-electron chi connectivity index (χ3n) is 4.89. The molecule has 2 saturated heterocycles. The first-order chi connectivity index (χ1) is 9.24. The summed E-state index contributed by atoms with van der Waals surface area (Å²) < 4.78 is 5.51. The van der Waals surface area contributed by atoms with Crippen molar-refractivity contribution in [3.63, 3.8) is 0 Å². The van der Waals surface area contributed by atoms with E-state index in [0.717, 1.165) is 44.9 Å². The Morgan fingerprint density at radius 1 is 1.21 bits per heavy atom. The van der Waals surface area contributed by atoms with Gasteiger partial charge in [-0.3, -0.25) is 4.79 Å². The van der Waals surface area contributed by atoms with Crippen LogP contribution in [0.15, 0.2) is 0 Å². The quantitative estimate of drug-likeness (QED) is 0.836. The van der Waals surface area contributed by atoms with Gasteiger partial charge in [0, 0.05) is 25.7 Å². The lowest BCUT2D eigenvalue weighted by atomic mass is 9.98. The van der Waals surface area contributed by atoms with Gasteiger partial charge in [0.1, 0.15) is 0 Å². The summed E-state index contributed by atoms with van der Waals surface area (Å²) in [6.07, 6.45) is 6.05. The van der Waals surface area contributed by atoms with Gasteiger partial charge < -0.3 is 15.0 Å². The van der Waals surface area contributed by atoms with Crippen molar-refractivity contribution in [2.75, 3.05) is 26.2 Å². The first kappa shape index (κ1) is 13.4. The lowest BCUT2D eigenvalue weighted by Crippen LogP contribution is -2.47. The van der Waals surface area contributed by atoms with E-state index in [-0.39, 0.29) is 12.0 Å². The summed E-state index contributed by atoms with van der Waals surface area (Å²) in [6.45, 7) is 5.80. The molecule has 3 fully saturated rings. The Morgan fingerprint density at radius 2 is 1.95 bits per heavy atom. The molecule has 19 heavy (non-hydrogen) atoms. The van der Waals surface area contributed by atoms with Crippen LogP contribution in [0.25, 0.3) is 0 Å². The van der Waals surface area contributed by atoms with Crippen LogP contribution in [0.5, 0.6) is 0 Å². The highest BCUT2D eigenvalue weighted by Crippen LogP contribution is 2.28. The molecule has 4 heteroatoms. The summed E-state index contributed by atoms with van der Waals surface area (Å²) in [7, 11) is 0. The third kappa shape index (κ3) is 3.29. The Hall–Kier alpha value is -0.610. The predicted octanol–water partition coefficient (Wildman–Crippen LogP) is 1.40. The minimum Gasteiger partial charge on any atom is -0.378 e. The Labute approximate surface area is 115 Å². The van der Waals surface area contributed by atoms with Gasteiger partial charge in [-0.25, -0.2) is 0 Å². The summed E-state index contributed by atoms with van der Waals surface area (Å²) in [5.41, 5.74) is 0. The number of rotatable bonds is 4. The maximum absolute atomic E-state index is 12.4. The normalized spacial score (nSPS) is 32.8. The van der Waals surface area contributed by atoms with Crippen molar-refractivity contribution in [3.05, 3.63) is 0 Å². The molecular weight excluding hydrogens is 240 g/mol. The Balaban J connectivity index is 1.42. The van der Waals surface area contributed by atoms with E-state index in [2.05, 4.69) is 10.2 Å². The van der Waals surface area contributed by atoms with Gasteiger partial charge in [0.15, 0.2) is 0 Å². The van der Waals surface area contributed by atoms with Crippen LogP contribution < -0.4 is 5.32 Å². The number of hydrogen-bond acceptors (Lipinski definition) is 3. The molecule has 4 nitrogen and oxygen atoms in total. The number of carbonyl (C=O) groups is 1. The highest BCUT2D eigenvalue weighted by molar-refractivity contribution is 5.79. The van der Waals surface area contributed by atoms with Crippen molar-refractivity contribution in [1.29, 1.82) is 0 Å². The van der Waals surface area contributed by atoms with Crippen molar-refractivity contribution in [1.82, 2.24) is 10.2 Å². The van der Waals surface area contributed by atoms with Crippen molar-refractivity contribution in [3.8, 4) is 0 Å². The van der Waals surface area contributed by atoms with Crippen molar-refractivity contribution in [2.24, 2.45) is 11.8 Å². The van der Waals surface area contributed by atoms with Crippen LogP contribution in [0.4, 0.5) is 0 Å². The van der Waals surface area contributed by atoms with Crippen LogP contribution in [0.2, 0.25) is 0 Å². The maximum atomic E-state index is 12.4. The van der Waals surface area contributed by atoms with E-state index in [1.54, 1.807) is 0 Å². The standard InChI is InChI=1S/C15H26N2O2/c1-11-14(6-9-19-11)15(18)17-7-4-13(5-8-17)16-10-12-2-3-12/h11-14,16H,2-10H2,1H3. The van der Waals surface area contributed by atoms with Crippen LogP contribution in [0, 0.1) is 11.8 Å². The Kier molecular flexibility index (Phi) is 4.08. The molecular formula is C15H26N2O2. The number of nitrogens with one attached hydrogen (secondary N) is 1. The zero-order valence-corrected chi connectivity index (χ0v) is 11.9. The van der Waals surface area contributed by atoms with Crippen molar-refractivity contribution < 1.29 is 9.53 Å². The summed E-state index contributed by atoms with van der Waals surface area (Å²) >= 11 is 0. The molecule has 2 heterocycles. The number of ether oxygens (including phenoxy) is 1. The second kappa shape index (κ2) is 5.80. The molecule has 1 saturated carbocycles. The SMILES string of the molecule is CC1OCCC1C(=O)N1CCC(NCC2CC2)CC1. The summed E-state index contributed by atoms with van der Waals surface area (Å²) in [6, 6.07) is 0.627. The first-order valence-corrected chi connectivity index (χ1v) is 7.88. The highest BCUT2D eigenvalue weighted by Gasteiger charge is 2.35. The lowest BCUT2D eigenvalue weighted by molar-refractivity contribution is -0.138. The van der Waals surface area contributed by atoms with Gasteiger partial charge in [0.2, 0.25) is 5.91 Å². The van der Waals surface area contributed by atoms with E-state index in [1.165, 1.54) is 19.4 Å². The predicted molar refractivity (Wildman–Crippen MR) is 73.8 cm³/mol. The topological polar surface area (TPSA) is 41.6 Å². The zero-order chi connectivity index (χ0) is 13.2. The molecule has 0 radical (unpaired) electrons. The zero-order valence-electron chi connectivity index (χ0n) is 11.9. The molecule has 1 N–H and O–H groups in total. The van der Waals surface area contributed by atoms with Gasteiger partial charge in [0.25, 0.3) is 0 Å². The lowest BCUT2D eigenvalue weighted by Gasteiger charge is -2.34. The molecule has 0 bridgehead atoms. The molecule has 0 aromatic rings. The van der Waals surface area contributed by atoms with Gasteiger partial charge in [0.05, 0.1) is 12.0 Å². The van der Waals surface area contributed by atoms with E-state index in [9.17, 15) is 4.79 Å². The van der Waals surface area contributed by atoms with E-state index >= 15 is 0 Å². The van der Waals surface area contributed by atoms with E-state index < -0.39 is 0 Å². The summed E-state index contributed by atoms with van der Waals surface area (Å²) in [5.74, 6) is 1.37. The number of nitrogens with zero attached hydrogens (tertiary/aromatic N) is 1. The molecule has 1 amide bonds. The second-order valence-corrected chi connectivity index (χ2v) is 6.42. The molecule has 2 aliphatic heterocycles. The Morgan fingerprint density at radius 3 is 2.53 bits per heavy atom. The molecule has 0 spiro atoms. The minimum atomic E-state index is 0.107. The van der Waals surface area contributed by atoms with Gasteiger partial charge in [-0.2, -0.15) is 0 Å². The van der Waals surface area contributed by atoms with Gasteiger partial charge in [-0.05, 0) is 51.5 Å². The number of piperidine rings is 1. The number of likely N-dealkylation sites (tertiary alicyclic amines) is 1. The fourth-order valence-corrected chi connectivity index (χ4v) is 3.25. The van der Waals surface area contributed by atoms with Gasteiger partial charge >= 0.3 is 0 Å². The van der Waals surface area contributed by atoms with Crippen LogP contribution >= 0.6 is 0 Å². The van der Waals surface area contributed by atoms with Crippen LogP contribution in [-0.2, 0) is 9.53 Å². The third-order valence-corrected chi connectivity index (χ3v) is 4.89. The number of carbonyl (C=O) groups excluding carboxylic acids is 1. The highest BCUT2D eigenvalue weighted by atomic mass is 16.5. The largest absolute Gasteiger partial charge is 0.378 e. The molecule has 108 valence electrons. The summed E-state index contributed by atoms with van der Waals surface area (Å²) in [5, 5.41) is 3.66. The minimum absolute atomic E-state index is 0.107. The van der Waals surface area contributed by atoms with Crippen LogP contribution in [-0.4, -0.2) is 49.2 Å². The molecule has 1 aliphatic carbocycles. The van der Waals surface area contributed by atoms with Gasteiger partial charge in [-0.15, -0.1) is 0 Å². The molecule has 3 aliphatic rings. The molecule has 0 aromatic heterocycles. The van der Waals surface area contributed by atoms with Crippen molar-refractivity contribution in [2.45, 2.75) is 51.2 Å². The fourth-order valence-electron chi connectivity index (χ4n) is 3.25. The van der Waals surface area contributed by atoms with Crippen LogP contribution in [0.1, 0.15) is 39.0 Å². The average molecular weight is 266 g/mol. The summed E-state index contributed by atoms with van der Waals surface area (Å²) in [4.78, 5) is 14.5. The van der Waals surface area contributed by atoms with Crippen molar-refractivity contribution >= 4 is 5.91 Å². The molecule has 3 rings (SSSR count). The molecule has 2 atom stereocenters. The van der Waals surface area contributed by atoms with E-state index in [0.29, 0.717) is 11.9 Å². The molecule has 0 aromatic carbocycles. The van der Waals surface area contributed by atoms with Gasteiger partial charge in [-0.1, -0.05) is 0 Å². The smallest absolute Gasteiger partial charge is 0.228 e. The average Bonchev–Trinajstić information content (AvgIpc) is 3.17. The fraction of sp³-hybridized carbons (Fsp3) is 0.933. The number of amides is 1. The first-order valence-electron chi connectivity index (χ1n) is 7.88. The Bertz CT molecular complexity index is 322.